The zero-order chi connectivity index (χ0) is 17.9. The highest BCUT2D eigenvalue weighted by molar-refractivity contribution is 6.30. The maximum Gasteiger partial charge on any atom is 0.227 e. The lowest BCUT2D eigenvalue weighted by atomic mass is 10.1. The molecule has 0 aliphatic carbocycles. The van der Waals surface area contributed by atoms with Crippen LogP contribution in [0, 0.1) is 0 Å². The summed E-state index contributed by atoms with van der Waals surface area (Å²) in [4.78, 5) is 20.9. The van der Waals surface area contributed by atoms with E-state index in [0.29, 0.717) is 31.1 Å². The number of carbonyl (C=O) groups excluding carboxylic acids is 1. The van der Waals surface area contributed by atoms with Gasteiger partial charge in [0.25, 0.3) is 0 Å². The summed E-state index contributed by atoms with van der Waals surface area (Å²) in [6, 6.07) is 7.46. The molecule has 0 aromatic heterocycles. The van der Waals surface area contributed by atoms with Crippen LogP contribution in [0.4, 0.5) is 0 Å². The molecule has 1 saturated heterocycles. The zero-order valence-corrected chi connectivity index (χ0v) is 15.1. The first kappa shape index (κ1) is 16.8. The van der Waals surface area contributed by atoms with Gasteiger partial charge in [0.05, 0.1) is 18.7 Å². The Morgan fingerprint density at radius 2 is 1.85 bits per heavy atom. The minimum Gasteiger partial charge on any atom is -0.352 e. The minimum absolute atomic E-state index is 0.154. The van der Waals surface area contributed by atoms with E-state index >= 15 is 0 Å². The van der Waals surface area contributed by atoms with Crippen LogP contribution >= 0.6 is 11.6 Å². The normalized spacial score (nSPS) is 19.2. The van der Waals surface area contributed by atoms with E-state index in [0.717, 1.165) is 30.2 Å². The predicted molar refractivity (Wildman–Crippen MR) is 103 cm³/mol. The molecular weight excluding hydrogens is 350 g/mol. The second-order valence-electron chi connectivity index (χ2n) is 6.42. The van der Waals surface area contributed by atoms with E-state index in [1.165, 1.54) is 0 Å². The predicted octanol–water partition coefficient (Wildman–Crippen LogP) is 2.14. The maximum absolute atomic E-state index is 12.5. The average molecular weight is 370 g/mol. The number of nitrogens with zero attached hydrogens (tertiary/aromatic N) is 5. The van der Waals surface area contributed by atoms with Crippen molar-refractivity contribution in [2.24, 2.45) is 10.1 Å². The smallest absolute Gasteiger partial charge is 0.227 e. The van der Waals surface area contributed by atoms with Gasteiger partial charge in [-0.05, 0) is 35.9 Å². The second-order valence-corrected chi connectivity index (χ2v) is 6.85. The van der Waals surface area contributed by atoms with Crippen LogP contribution < -0.4 is 0 Å². The van der Waals surface area contributed by atoms with Crippen molar-refractivity contribution in [2.45, 2.75) is 6.42 Å². The first-order valence-electron chi connectivity index (χ1n) is 8.72. The van der Waals surface area contributed by atoms with Gasteiger partial charge in [-0.1, -0.05) is 23.7 Å². The molecule has 0 spiro atoms. The van der Waals surface area contributed by atoms with Gasteiger partial charge >= 0.3 is 0 Å². The van der Waals surface area contributed by atoms with Crippen molar-refractivity contribution in [1.82, 2.24) is 14.8 Å². The number of hydrogen-bond donors (Lipinski definition) is 0. The Balaban J connectivity index is 1.33. The molecule has 0 N–H and O–H groups in total. The molecule has 0 saturated carbocycles. The molecule has 0 atom stereocenters. The van der Waals surface area contributed by atoms with Gasteiger partial charge in [0.1, 0.15) is 12.2 Å². The zero-order valence-electron chi connectivity index (χ0n) is 14.4. The van der Waals surface area contributed by atoms with E-state index in [-0.39, 0.29) is 5.91 Å². The van der Waals surface area contributed by atoms with Crippen LogP contribution in [0.2, 0.25) is 5.02 Å². The molecule has 3 heterocycles. The van der Waals surface area contributed by atoms with E-state index in [2.05, 4.69) is 21.1 Å². The Hall–Kier alpha value is -2.60. The number of aliphatic imine (C=N–C) groups is 1. The summed E-state index contributed by atoms with van der Waals surface area (Å²) in [5.41, 5.74) is 2.05. The van der Waals surface area contributed by atoms with Crippen molar-refractivity contribution in [2.75, 3.05) is 32.7 Å². The van der Waals surface area contributed by atoms with E-state index in [9.17, 15) is 4.79 Å². The SMILES string of the molecule is O=C(Cc1ccc(Cl)cc1)N1CCN(C2=NN3C=NCC=C3C=C2)CC1. The van der Waals surface area contributed by atoms with Crippen LogP contribution in [0.3, 0.4) is 0 Å². The number of hydrogen-bond acceptors (Lipinski definition) is 5. The third kappa shape index (κ3) is 3.65. The van der Waals surface area contributed by atoms with Crippen LogP contribution in [-0.4, -0.2) is 65.6 Å². The molecule has 3 aliphatic heterocycles. The lowest BCUT2D eigenvalue weighted by Gasteiger charge is -2.37. The lowest BCUT2D eigenvalue weighted by molar-refractivity contribution is -0.131. The maximum atomic E-state index is 12.5. The van der Waals surface area contributed by atoms with E-state index in [1.807, 2.05) is 41.3 Å². The molecular formula is C19H20ClN5O. The summed E-state index contributed by atoms with van der Waals surface area (Å²) in [5.74, 6) is 1.07. The Morgan fingerprint density at radius 3 is 2.62 bits per heavy atom. The largest absolute Gasteiger partial charge is 0.352 e. The van der Waals surface area contributed by atoms with E-state index in [4.69, 9.17) is 11.6 Å². The molecule has 7 heteroatoms. The Kier molecular flexibility index (Phi) is 4.75. The number of piperazine rings is 1. The molecule has 3 aliphatic rings. The first-order valence-corrected chi connectivity index (χ1v) is 9.10. The number of hydrazone groups is 1. The molecule has 1 fully saturated rings. The molecule has 1 aromatic carbocycles. The quantitative estimate of drug-likeness (QED) is 0.802. The van der Waals surface area contributed by atoms with Crippen LogP contribution in [-0.2, 0) is 11.2 Å². The van der Waals surface area contributed by atoms with Gasteiger partial charge in [-0.2, -0.15) is 0 Å². The van der Waals surface area contributed by atoms with Gasteiger partial charge in [-0.3, -0.25) is 9.79 Å². The molecule has 1 aromatic rings. The molecule has 0 unspecified atom stereocenters. The summed E-state index contributed by atoms with van der Waals surface area (Å²) in [7, 11) is 0. The molecule has 1 amide bonds. The highest BCUT2D eigenvalue weighted by atomic mass is 35.5. The summed E-state index contributed by atoms with van der Waals surface area (Å²) in [5, 5.41) is 7.12. The van der Waals surface area contributed by atoms with Crippen LogP contribution in [0.1, 0.15) is 5.56 Å². The molecule has 0 radical (unpaired) electrons. The molecule has 0 bridgehead atoms. The van der Waals surface area contributed by atoms with Crippen molar-refractivity contribution >= 4 is 29.7 Å². The molecule has 6 nitrogen and oxygen atoms in total. The number of amidine groups is 1. The molecule has 134 valence electrons. The van der Waals surface area contributed by atoms with E-state index < -0.39 is 0 Å². The Morgan fingerprint density at radius 1 is 1.08 bits per heavy atom. The van der Waals surface area contributed by atoms with Crippen molar-refractivity contribution < 1.29 is 4.79 Å². The highest BCUT2D eigenvalue weighted by Crippen LogP contribution is 2.17. The van der Waals surface area contributed by atoms with E-state index in [1.54, 1.807) is 11.3 Å². The van der Waals surface area contributed by atoms with Crippen LogP contribution in [0.15, 0.2) is 58.3 Å². The number of benzene rings is 1. The molecule has 4 rings (SSSR count). The van der Waals surface area contributed by atoms with Crippen LogP contribution in [0.5, 0.6) is 0 Å². The third-order valence-electron chi connectivity index (χ3n) is 4.70. The van der Waals surface area contributed by atoms with Crippen molar-refractivity contribution in [3.63, 3.8) is 0 Å². The highest BCUT2D eigenvalue weighted by Gasteiger charge is 2.24. The average Bonchev–Trinajstić information content (AvgIpc) is 2.69. The third-order valence-corrected chi connectivity index (χ3v) is 4.95. The first-order chi connectivity index (χ1) is 12.7. The van der Waals surface area contributed by atoms with Crippen molar-refractivity contribution in [3.8, 4) is 0 Å². The fourth-order valence-corrected chi connectivity index (χ4v) is 3.33. The monoisotopic (exact) mass is 369 g/mol. The lowest BCUT2D eigenvalue weighted by Crippen LogP contribution is -2.51. The van der Waals surface area contributed by atoms with Gasteiger partial charge < -0.3 is 9.80 Å². The standard InChI is InChI=1S/C19H20ClN5O/c20-16-3-1-15(2-4-16)13-19(26)24-11-9-23(10-12-24)18-6-5-17-7-8-21-14-25(17)22-18/h1-7,14H,8-13H2. The van der Waals surface area contributed by atoms with Gasteiger partial charge in [0.15, 0.2) is 0 Å². The summed E-state index contributed by atoms with van der Waals surface area (Å²) < 4.78 is 0. The summed E-state index contributed by atoms with van der Waals surface area (Å²) in [6.45, 7) is 3.67. The van der Waals surface area contributed by atoms with Crippen molar-refractivity contribution in [1.29, 1.82) is 0 Å². The van der Waals surface area contributed by atoms with Gasteiger partial charge in [-0.25, -0.2) is 5.01 Å². The number of halogens is 1. The van der Waals surface area contributed by atoms with Gasteiger partial charge in [0, 0.05) is 31.2 Å². The second kappa shape index (κ2) is 7.33. The fraction of sp³-hybridized carbons (Fsp3) is 0.316. The van der Waals surface area contributed by atoms with Crippen LogP contribution in [0.25, 0.3) is 0 Å². The minimum atomic E-state index is 0.154. The number of carbonyl (C=O) groups is 1. The number of rotatable bonds is 2. The molecule has 26 heavy (non-hydrogen) atoms. The number of amides is 1. The Bertz CT molecular complexity index is 804. The fourth-order valence-electron chi connectivity index (χ4n) is 3.20. The van der Waals surface area contributed by atoms with Crippen molar-refractivity contribution in [3.05, 3.63) is 58.8 Å². The Labute approximate surface area is 157 Å². The summed E-state index contributed by atoms with van der Waals surface area (Å²) in [6.07, 6.45) is 8.31. The van der Waals surface area contributed by atoms with Gasteiger partial charge in [-0.15, -0.1) is 5.10 Å². The summed E-state index contributed by atoms with van der Waals surface area (Å²) >= 11 is 5.90. The van der Waals surface area contributed by atoms with Gasteiger partial charge in [0.2, 0.25) is 5.91 Å². The number of allylic oxidation sites excluding steroid dienone is 1. The number of fused-ring (bicyclic) bond motifs is 1. The topological polar surface area (TPSA) is 51.5 Å².